The summed E-state index contributed by atoms with van der Waals surface area (Å²) in [5, 5.41) is 3.18. The molecule has 0 aliphatic heterocycles. The molecular weight excluding hydrogens is 342 g/mol. The first-order valence-corrected chi connectivity index (χ1v) is 8.81. The Kier molecular flexibility index (Phi) is 5.54. The van der Waals surface area contributed by atoms with Crippen LogP contribution in [-0.2, 0) is 5.41 Å². The van der Waals surface area contributed by atoms with Crippen molar-refractivity contribution < 1.29 is 9.53 Å². The summed E-state index contributed by atoms with van der Waals surface area (Å²) in [6.45, 7) is 6.43. The van der Waals surface area contributed by atoms with Gasteiger partial charge < -0.3 is 10.1 Å². The largest absolute Gasteiger partial charge is 0.495 e. The number of hydrogen-bond acceptors (Lipinski definition) is 2. The molecule has 1 aliphatic carbocycles. The van der Waals surface area contributed by atoms with Gasteiger partial charge in [0.2, 0.25) is 0 Å². The summed E-state index contributed by atoms with van der Waals surface area (Å²) in [4.78, 5) is 12.7. The average Bonchev–Trinajstić information content (AvgIpc) is 2.46. The maximum Gasteiger partial charge on any atom is 0.255 e. The van der Waals surface area contributed by atoms with Gasteiger partial charge in [-0.3, -0.25) is 4.79 Å². The molecule has 1 fully saturated rings. The summed E-state index contributed by atoms with van der Waals surface area (Å²) >= 11 is 3.54. The van der Waals surface area contributed by atoms with Crippen LogP contribution in [0.5, 0.6) is 5.75 Å². The van der Waals surface area contributed by atoms with E-state index in [2.05, 4.69) is 42.0 Å². The molecule has 0 atom stereocenters. The van der Waals surface area contributed by atoms with Crippen molar-refractivity contribution in [3.63, 3.8) is 0 Å². The number of methoxy groups -OCH3 is 1. The van der Waals surface area contributed by atoms with E-state index in [-0.39, 0.29) is 11.3 Å². The Bertz CT molecular complexity index is 543. The number of ether oxygens (including phenoxy) is 1. The quantitative estimate of drug-likeness (QED) is 0.831. The van der Waals surface area contributed by atoms with E-state index in [1.165, 1.54) is 19.3 Å². The molecule has 4 heteroatoms. The van der Waals surface area contributed by atoms with Crippen LogP contribution < -0.4 is 10.1 Å². The molecule has 1 saturated carbocycles. The number of rotatable bonds is 3. The number of hydrogen-bond donors (Lipinski definition) is 1. The highest BCUT2D eigenvalue weighted by Gasteiger charge is 2.24. The van der Waals surface area contributed by atoms with Crippen LogP contribution in [0, 0.1) is 0 Å². The molecule has 0 radical (unpaired) electrons. The van der Waals surface area contributed by atoms with Crippen LogP contribution in [0.25, 0.3) is 0 Å². The van der Waals surface area contributed by atoms with Crippen molar-refractivity contribution in [1.29, 1.82) is 0 Å². The summed E-state index contributed by atoms with van der Waals surface area (Å²) in [5.41, 5.74) is 1.72. The average molecular weight is 368 g/mol. The Hall–Kier alpha value is -1.03. The van der Waals surface area contributed by atoms with Crippen molar-refractivity contribution in [1.82, 2.24) is 5.32 Å². The lowest BCUT2D eigenvalue weighted by molar-refractivity contribution is 0.0924. The summed E-state index contributed by atoms with van der Waals surface area (Å²) in [5.74, 6) is 0.580. The number of nitrogens with one attached hydrogen (secondary N) is 1. The van der Waals surface area contributed by atoms with Gasteiger partial charge in [-0.1, -0.05) is 40.0 Å². The Morgan fingerprint density at radius 1 is 1.23 bits per heavy atom. The highest BCUT2D eigenvalue weighted by molar-refractivity contribution is 9.10. The molecule has 1 aliphatic rings. The van der Waals surface area contributed by atoms with Gasteiger partial charge in [0.1, 0.15) is 5.75 Å². The van der Waals surface area contributed by atoms with Crippen LogP contribution in [0.2, 0.25) is 0 Å². The minimum absolute atomic E-state index is 0.0192. The second kappa shape index (κ2) is 7.03. The first-order valence-electron chi connectivity index (χ1n) is 8.02. The predicted molar refractivity (Wildman–Crippen MR) is 93.7 cm³/mol. The second-order valence-corrected chi connectivity index (χ2v) is 7.95. The molecule has 1 N–H and O–H groups in total. The van der Waals surface area contributed by atoms with Crippen molar-refractivity contribution in [2.24, 2.45) is 0 Å². The molecule has 122 valence electrons. The molecule has 2 rings (SSSR count). The van der Waals surface area contributed by atoms with Gasteiger partial charge in [0.15, 0.2) is 0 Å². The van der Waals surface area contributed by atoms with Gasteiger partial charge in [0, 0.05) is 6.04 Å². The lowest BCUT2D eigenvalue weighted by atomic mass is 9.86. The summed E-state index contributed by atoms with van der Waals surface area (Å²) in [7, 11) is 1.61. The van der Waals surface area contributed by atoms with Crippen LogP contribution in [0.15, 0.2) is 16.6 Å². The summed E-state index contributed by atoms with van der Waals surface area (Å²) in [6, 6.07) is 4.29. The van der Waals surface area contributed by atoms with E-state index >= 15 is 0 Å². The molecule has 0 bridgehead atoms. The third-order valence-corrected chi connectivity index (χ3v) is 4.89. The minimum atomic E-state index is -0.0319. The fourth-order valence-corrected chi connectivity index (χ4v) is 3.53. The Balaban J connectivity index is 2.30. The molecule has 0 aromatic heterocycles. The van der Waals surface area contributed by atoms with Crippen molar-refractivity contribution in [3.8, 4) is 5.75 Å². The first-order chi connectivity index (χ1) is 10.3. The Morgan fingerprint density at radius 3 is 2.41 bits per heavy atom. The van der Waals surface area contributed by atoms with E-state index in [1.54, 1.807) is 7.11 Å². The lowest BCUT2D eigenvalue weighted by Crippen LogP contribution is -2.36. The number of carbonyl (C=O) groups is 1. The SMILES string of the molecule is COc1c(Br)cc(C(C)(C)C)cc1C(=O)NC1CCCCC1. The molecule has 0 heterocycles. The Morgan fingerprint density at radius 2 is 1.86 bits per heavy atom. The maximum absolute atomic E-state index is 12.7. The number of amides is 1. The molecular formula is C18H26BrNO2. The number of benzene rings is 1. The molecule has 1 aromatic rings. The lowest BCUT2D eigenvalue weighted by Gasteiger charge is -2.25. The van der Waals surface area contributed by atoms with E-state index < -0.39 is 0 Å². The highest BCUT2D eigenvalue weighted by atomic mass is 79.9. The molecule has 0 unspecified atom stereocenters. The molecule has 3 nitrogen and oxygen atoms in total. The predicted octanol–water partition coefficient (Wildman–Crippen LogP) is 4.82. The fraction of sp³-hybridized carbons (Fsp3) is 0.611. The molecule has 0 spiro atoms. The van der Waals surface area contributed by atoms with Crippen molar-refractivity contribution in [2.45, 2.75) is 64.3 Å². The minimum Gasteiger partial charge on any atom is -0.495 e. The number of halogens is 1. The van der Waals surface area contributed by atoms with Gasteiger partial charge in [0.05, 0.1) is 17.1 Å². The monoisotopic (exact) mass is 367 g/mol. The van der Waals surface area contributed by atoms with Crippen LogP contribution in [0.1, 0.15) is 68.8 Å². The third-order valence-electron chi connectivity index (χ3n) is 4.30. The zero-order chi connectivity index (χ0) is 16.3. The van der Waals surface area contributed by atoms with Crippen LogP contribution >= 0.6 is 15.9 Å². The first kappa shape index (κ1) is 17.3. The molecule has 22 heavy (non-hydrogen) atoms. The molecule has 1 amide bonds. The molecule has 1 aromatic carbocycles. The van der Waals surface area contributed by atoms with E-state index in [4.69, 9.17) is 4.74 Å². The van der Waals surface area contributed by atoms with Crippen molar-refractivity contribution >= 4 is 21.8 Å². The van der Waals surface area contributed by atoms with Crippen LogP contribution in [0.3, 0.4) is 0 Å². The zero-order valence-electron chi connectivity index (χ0n) is 14.0. The van der Waals surface area contributed by atoms with Gasteiger partial charge in [-0.25, -0.2) is 0 Å². The van der Waals surface area contributed by atoms with Gasteiger partial charge in [0.25, 0.3) is 5.91 Å². The van der Waals surface area contributed by atoms with Gasteiger partial charge in [-0.15, -0.1) is 0 Å². The zero-order valence-corrected chi connectivity index (χ0v) is 15.5. The third kappa shape index (κ3) is 4.03. The fourth-order valence-electron chi connectivity index (χ4n) is 2.91. The summed E-state index contributed by atoms with van der Waals surface area (Å²) in [6.07, 6.45) is 5.84. The van der Waals surface area contributed by atoms with E-state index in [0.717, 1.165) is 22.9 Å². The maximum atomic E-state index is 12.7. The highest BCUT2D eigenvalue weighted by Crippen LogP contribution is 2.35. The summed E-state index contributed by atoms with van der Waals surface area (Å²) < 4.78 is 6.28. The smallest absolute Gasteiger partial charge is 0.255 e. The van der Waals surface area contributed by atoms with Crippen molar-refractivity contribution in [2.75, 3.05) is 7.11 Å². The van der Waals surface area contributed by atoms with E-state index in [9.17, 15) is 4.79 Å². The standard InChI is InChI=1S/C18H26BrNO2/c1-18(2,3)12-10-14(16(22-4)15(19)11-12)17(21)20-13-8-6-5-7-9-13/h10-11,13H,5-9H2,1-4H3,(H,20,21). The normalized spacial score (nSPS) is 16.4. The van der Waals surface area contributed by atoms with E-state index in [1.807, 2.05) is 12.1 Å². The topological polar surface area (TPSA) is 38.3 Å². The second-order valence-electron chi connectivity index (χ2n) is 7.10. The van der Waals surface area contributed by atoms with Gasteiger partial charge in [-0.05, 0) is 51.9 Å². The Labute approximate surface area is 141 Å². The van der Waals surface area contributed by atoms with Gasteiger partial charge >= 0.3 is 0 Å². The van der Waals surface area contributed by atoms with E-state index in [0.29, 0.717) is 17.4 Å². The van der Waals surface area contributed by atoms with Gasteiger partial charge in [-0.2, -0.15) is 0 Å². The molecule has 0 saturated heterocycles. The number of carbonyl (C=O) groups excluding carboxylic acids is 1. The van der Waals surface area contributed by atoms with Crippen molar-refractivity contribution in [3.05, 3.63) is 27.7 Å². The van der Waals surface area contributed by atoms with Crippen LogP contribution in [-0.4, -0.2) is 19.1 Å². The van der Waals surface area contributed by atoms with Crippen LogP contribution in [0.4, 0.5) is 0 Å².